The normalized spacial score (nSPS) is 11.1. The largest absolute Gasteiger partial charge is 0.490 e. The number of rotatable bonds is 11. The predicted molar refractivity (Wildman–Crippen MR) is 165 cm³/mol. The van der Waals surface area contributed by atoms with Crippen molar-refractivity contribution in [3.8, 4) is 11.5 Å². The first-order valence-corrected chi connectivity index (χ1v) is 14.0. The first-order chi connectivity index (χ1) is 20.1. The van der Waals surface area contributed by atoms with Crippen molar-refractivity contribution in [3.63, 3.8) is 0 Å². The molecule has 1 heterocycles. The lowest BCUT2D eigenvalue weighted by molar-refractivity contribution is 0.209. The summed E-state index contributed by atoms with van der Waals surface area (Å²) in [7, 11) is 3.96. The first-order valence-electron chi connectivity index (χ1n) is 14.0. The van der Waals surface area contributed by atoms with Crippen LogP contribution >= 0.6 is 0 Å². The highest BCUT2D eigenvalue weighted by atomic mass is 19.1. The number of hydrogen-bond donors (Lipinski definition) is 1. The van der Waals surface area contributed by atoms with Gasteiger partial charge in [-0.15, -0.1) is 0 Å². The highest BCUT2D eigenvalue weighted by Gasteiger charge is 2.26. The van der Waals surface area contributed by atoms with Gasteiger partial charge in [0.05, 0.1) is 12.3 Å². The Hall–Kier alpha value is -4.50. The fraction of sp³-hybridized carbons (Fsp3) is 0.303. The molecule has 0 saturated heterocycles. The molecule has 0 unspecified atom stereocenters. The van der Waals surface area contributed by atoms with Crippen molar-refractivity contribution in [2.45, 2.75) is 40.0 Å². The van der Waals surface area contributed by atoms with E-state index in [1.54, 1.807) is 30.5 Å². The Labute approximate surface area is 247 Å². The van der Waals surface area contributed by atoms with Crippen molar-refractivity contribution in [2.75, 3.05) is 37.5 Å². The number of carbonyl (C=O) groups is 1. The van der Waals surface area contributed by atoms with Gasteiger partial charge in [0.1, 0.15) is 11.6 Å². The van der Waals surface area contributed by atoms with Crippen LogP contribution < -0.4 is 19.7 Å². The third-order valence-electron chi connectivity index (χ3n) is 6.65. The summed E-state index contributed by atoms with van der Waals surface area (Å²) in [6.45, 7) is 9.22. The quantitative estimate of drug-likeness (QED) is 0.184. The molecule has 220 valence electrons. The number of carbonyl (C=O) groups excluding carboxylic acids is 1. The second-order valence-electron chi connectivity index (χ2n) is 10.7. The van der Waals surface area contributed by atoms with Crippen LogP contribution in [0, 0.1) is 19.7 Å². The second-order valence-corrected chi connectivity index (χ2v) is 10.7. The zero-order valence-electron chi connectivity index (χ0n) is 25.0. The average molecular weight is 572 g/mol. The first kappa shape index (κ1) is 30.5. The molecule has 0 aliphatic rings. The maximum absolute atomic E-state index is 14.8. The van der Waals surface area contributed by atoms with E-state index in [2.05, 4.69) is 15.3 Å². The van der Waals surface area contributed by atoms with E-state index in [4.69, 9.17) is 9.47 Å². The Balaban J connectivity index is 1.61. The summed E-state index contributed by atoms with van der Waals surface area (Å²) in [5, 5.41) is 3.04. The van der Waals surface area contributed by atoms with Crippen molar-refractivity contribution in [3.05, 3.63) is 95.4 Å². The minimum Gasteiger partial charge on any atom is -0.490 e. The smallest absolute Gasteiger partial charge is 0.425 e. The van der Waals surface area contributed by atoms with Crippen molar-refractivity contribution in [1.82, 2.24) is 14.9 Å². The molecule has 0 atom stereocenters. The summed E-state index contributed by atoms with van der Waals surface area (Å²) in [6.07, 6.45) is 1.72. The SMILES string of the molecule is Cc1cccc(C)c1N(C(=O)Oc1ccccc1C(C)C)c1ccnc(Nc2ccc(OCCCN(C)C)c(F)c2)n1. The monoisotopic (exact) mass is 571 g/mol. The molecule has 0 saturated carbocycles. The Kier molecular flexibility index (Phi) is 10.1. The zero-order valence-corrected chi connectivity index (χ0v) is 25.0. The molecule has 8 nitrogen and oxygen atoms in total. The van der Waals surface area contributed by atoms with Gasteiger partial charge in [0.2, 0.25) is 5.95 Å². The Bertz CT molecular complexity index is 1510. The van der Waals surface area contributed by atoms with Gasteiger partial charge >= 0.3 is 6.09 Å². The summed E-state index contributed by atoms with van der Waals surface area (Å²) in [5.41, 5.74) is 3.78. The predicted octanol–water partition coefficient (Wildman–Crippen LogP) is 7.77. The van der Waals surface area contributed by atoms with Gasteiger partial charge in [-0.25, -0.2) is 19.1 Å². The molecule has 3 aromatic carbocycles. The van der Waals surface area contributed by atoms with E-state index in [-0.39, 0.29) is 17.6 Å². The fourth-order valence-corrected chi connectivity index (χ4v) is 4.57. The third kappa shape index (κ3) is 7.61. The number of hydrogen-bond acceptors (Lipinski definition) is 7. The maximum atomic E-state index is 14.8. The van der Waals surface area contributed by atoms with Gasteiger partial charge in [0.15, 0.2) is 11.6 Å². The van der Waals surface area contributed by atoms with E-state index in [1.165, 1.54) is 11.0 Å². The molecule has 1 aromatic heterocycles. The number of benzene rings is 3. The summed E-state index contributed by atoms with van der Waals surface area (Å²) in [5.74, 6) is 0.829. The Morgan fingerprint density at radius 3 is 2.40 bits per heavy atom. The highest BCUT2D eigenvalue weighted by Crippen LogP contribution is 2.34. The minimum atomic E-state index is -0.605. The fourth-order valence-electron chi connectivity index (χ4n) is 4.57. The van der Waals surface area contributed by atoms with E-state index in [9.17, 15) is 9.18 Å². The van der Waals surface area contributed by atoms with Crippen LogP contribution in [0.4, 0.5) is 32.3 Å². The molecule has 0 aliphatic carbocycles. The molecule has 1 amide bonds. The Morgan fingerprint density at radius 1 is 0.976 bits per heavy atom. The summed E-state index contributed by atoms with van der Waals surface area (Å²) in [4.78, 5) is 26.3. The highest BCUT2D eigenvalue weighted by molar-refractivity contribution is 5.98. The number of nitrogens with zero attached hydrogens (tertiary/aromatic N) is 4. The Morgan fingerprint density at radius 2 is 1.71 bits per heavy atom. The van der Waals surface area contributed by atoms with Gasteiger partial charge in [-0.3, -0.25) is 0 Å². The molecule has 42 heavy (non-hydrogen) atoms. The van der Waals surface area contributed by atoms with Crippen LogP contribution in [0.1, 0.15) is 42.9 Å². The van der Waals surface area contributed by atoms with Gasteiger partial charge in [0.25, 0.3) is 0 Å². The van der Waals surface area contributed by atoms with E-state index >= 15 is 0 Å². The van der Waals surface area contributed by atoms with Gasteiger partial charge in [-0.05, 0) is 75.2 Å². The molecule has 4 aromatic rings. The lowest BCUT2D eigenvalue weighted by Gasteiger charge is -2.25. The number of nitrogens with one attached hydrogen (secondary N) is 1. The molecular formula is C33H38FN5O3. The molecule has 0 spiro atoms. The van der Waals surface area contributed by atoms with E-state index in [0.29, 0.717) is 29.5 Å². The van der Waals surface area contributed by atoms with Crippen LogP contribution in [0.15, 0.2) is 72.9 Å². The van der Waals surface area contributed by atoms with E-state index in [0.717, 1.165) is 29.7 Å². The van der Waals surface area contributed by atoms with Crippen LogP contribution in [0.5, 0.6) is 11.5 Å². The van der Waals surface area contributed by atoms with E-state index < -0.39 is 11.9 Å². The zero-order chi connectivity index (χ0) is 30.2. The van der Waals surface area contributed by atoms with Gasteiger partial charge in [0, 0.05) is 30.6 Å². The average Bonchev–Trinajstić information content (AvgIpc) is 2.94. The minimum absolute atomic E-state index is 0.160. The number of halogens is 1. The molecule has 0 fully saturated rings. The van der Waals surface area contributed by atoms with Crippen LogP contribution in [0.2, 0.25) is 0 Å². The lowest BCUT2D eigenvalue weighted by Crippen LogP contribution is -2.31. The molecule has 9 heteroatoms. The summed E-state index contributed by atoms with van der Waals surface area (Å²) < 4.78 is 26.3. The number of ether oxygens (including phenoxy) is 2. The molecule has 4 rings (SSSR count). The molecular weight excluding hydrogens is 533 g/mol. The topological polar surface area (TPSA) is 79.8 Å². The molecule has 0 bridgehead atoms. The number of aryl methyl sites for hydroxylation is 2. The maximum Gasteiger partial charge on any atom is 0.425 e. The van der Waals surface area contributed by atoms with E-state index in [1.807, 2.05) is 83.1 Å². The van der Waals surface area contributed by atoms with Gasteiger partial charge < -0.3 is 19.7 Å². The molecule has 0 radical (unpaired) electrons. The van der Waals surface area contributed by atoms with Crippen LogP contribution in [0.25, 0.3) is 0 Å². The number of amides is 1. The van der Waals surface area contributed by atoms with Crippen molar-refractivity contribution in [1.29, 1.82) is 0 Å². The lowest BCUT2D eigenvalue weighted by atomic mass is 10.0. The van der Waals surface area contributed by atoms with Crippen molar-refractivity contribution < 1.29 is 18.7 Å². The molecule has 1 N–H and O–H groups in total. The number of anilines is 4. The standard InChI is InChI=1S/C33H38FN5O3/c1-22(2)26-13-7-8-14-28(26)42-33(40)39(31-23(3)11-9-12-24(31)4)30-17-18-35-32(37-30)36-25-15-16-29(27(34)21-25)41-20-10-19-38(5)6/h7-9,11-18,21-22H,10,19-20H2,1-6H3,(H,35,36,37). The van der Waals surface area contributed by atoms with Crippen LogP contribution in [0.3, 0.4) is 0 Å². The van der Waals surface area contributed by atoms with Crippen LogP contribution in [-0.2, 0) is 0 Å². The number of aromatic nitrogens is 2. The van der Waals surface area contributed by atoms with Gasteiger partial charge in [-0.2, -0.15) is 4.98 Å². The van der Waals surface area contributed by atoms with Crippen LogP contribution in [-0.4, -0.2) is 48.2 Å². The van der Waals surface area contributed by atoms with Crippen molar-refractivity contribution >= 4 is 29.2 Å². The molecule has 0 aliphatic heterocycles. The third-order valence-corrected chi connectivity index (χ3v) is 6.65. The summed E-state index contributed by atoms with van der Waals surface area (Å²) in [6, 6.07) is 19.5. The number of para-hydroxylation sites is 2. The van der Waals surface area contributed by atoms with Gasteiger partial charge in [-0.1, -0.05) is 50.2 Å². The van der Waals surface area contributed by atoms with Crippen molar-refractivity contribution in [2.24, 2.45) is 0 Å². The second kappa shape index (κ2) is 13.9. The summed E-state index contributed by atoms with van der Waals surface area (Å²) >= 11 is 0.